The Balaban J connectivity index is 0.000000661. The number of benzene rings is 2. The Bertz CT molecular complexity index is 1660. The molecule has 0 spiro atoms. The molecule has 66 heavy (non-hydrogen) atoms. The second-order valence-corrected chi connectivity index (χ2v) is 16.7. The summed E-state index contributed by atoms with van der Waals surface area (Å²) in [6.07, 6.45) is 35.1. The van der Waals surface area contributed by atoms with E-state index in [9.17, 15) is 19.2 Å². The third kappa shape index (κ3) is 35.2. The molecule has 0 aliphatic heterocycles. The normalized spacial score (nSPS) is 10.8. The summed E-state index contributed by atoms with van der Waals surface area (Å²) in [6.45, 7) is 16.1. The Labute approximate surface area is 398 Å². The molecule has 0 saturated heterocycles. The first-order valence-electron chi connectivity index (χ1n) is 24.9. The molecule has 0 fully saturated rings. The number of ether oxygens (including phenoxy) is 6. The van der Waals surface area contributed by atoms with Gasteiger partial charge in [0.05, 0.1) is 13.2 Å². The minimum atomic E-state index is -0.493. The van der Waals surface area contributed by atoms with Crippen LogP contribution in [0.4, 0.5) is 0 Å². The molecule has 0 aliphatic rings. The second kappa shape index (κ2) is 41.3. The van der Waals surface area contributed by atoms with E-state index >= 15 is 0 Å². The zero-order valence-electron chi connectivity index (χ0n) is 41.2. The van der Waals surface area contributed by atoms with Crippen LogP contribution in [0.3, 0.4) is 0 Å². The molecule has 2 aromatic carbocycles. The number of unbranched alkanes of at least 4 members (excludes halogenated alkanes) is 20. The maximum atomic E-state index is 11.7. The Kier molecular flexibility index (Phi) is 36.9. The van der Waals surface area contributed by atoms with Gasteiger partial charge in [-0.3, -0.25) is 0 Å². The van der Waals surface area contributed by atoms with Crippen LogP contribution >= 0.6 is 0 Å². The maximum Gasteiger partial charge on any atom is 0.333 e. The van der Waals surface area contributed by atoms with E-state index in [4.69, 9.17) is 28.4 Å². The molecule has 0 aliphatic carbocycles. The van der Waals surface area contributed by atoms with E-state index in [1.54, 1.807) is 26.0 Å². The van der Waals surface area contributed by atoms with E-state index in [1.165, 1.54) is 141 Å². The van der Waals surface area contributed by atoms with Crippen LogP contribution in [0.25, 0.3) is 12.2 Å². The molecule has 368 valence electrons. The van der Waals surface area contributed by atoms with Crippen LogP contribution in [0.2, 0.25) is 0 Å². The number of rotatable bonds is 38. The van der Waals surface area contributed by atoms with Gasteiger partial charge in [0.1, 0.15) is 37.9 Å². The summed E-state index contributed by atoms with van der Waals surface area (Å²) in [5.41, 5.74) is 2.38. The SMILES string of the molecule is C=C(C)C(=O)OCCOC(=O)/C=C/c1ccc(OCCCCCCCCCCCC)cc1.C=C(C)C(=O)OCCOC(=O)/C=C/c1ccc(OCCCCCCCCCCCCCC)cc1. The van der Waals surface area contributed by atoms with E-state index in [1.807, 2.05) is 48.5 Å². The van der Waals surface area contributed by atoms with Gasteiger partial charge in [-0.05, 0) is 74.2 Å². The number of carbonyl (C=O) groups is 4. The quantitative estimate of drug-likeness (QED) is 0.0278. The topological polar surface area (TPSA) is 124 Å². The molecule has 0 amide bonds. The first kappa shape index (κ1) is 58.9. The Morgan fingerprint density at radius 2 is 0.667 bits per heavy atom. The van der Waals surface area contributed by atoms with Crippen molar-refractivity contribution in [1.29, 1.82) is 0 Å². The maximum absolute atomic E-state index is 11.7. The predicted octanol–water partition coefficient (Wildman–Crippen LogP) is 14.1. The van der Waals surface area contributed by atoms with Crippen molar-refractivity contribution < 1.29 is 47.6 Å². The zero-order chi connectivity index (χ0) is 48.3. The molecule has 2 aromatic rings. The number of hydrogen-bond acceptors (Lipinski definition) is 10. The smallest absolute Gasteiger partial charge is 0.333 e. The second-order valence-electron chi connectivity index (χ2n) is 16.7. The molecule has 0 saturated carbocycles. The van der Waals surface area contributed by atoms with Gasteiger partial charge in [-0.25, -0.2) is 19.2 Å². The van der Waals surface area contributed by atoms with Crippen LogP contribution in [-0.4, -0.2) is 63.5 Å². The summed E-state index contributed by atoms with van der Waals surface area (Å²) in [5, 5.41) is 0. The highest BCUT2D eigenvalue weighted by atomic mass is 16.6. The monoisotopic (exact) mass is 917 g/mol. The van der Waals surface area contributed by atoms with Crippen molar-refractivity contribution >= 4 is 36.0 Å². The average Bonchev–Trinajstić information content (AvgIpc) is 3.31. The van der Waals surface area contributed by atoms with Crippen LogP contribution in [0.5, 0.6) is 11.5 Å². The van der Waals surface area contributed by atoms with E-state index < -0.39 is 23.9 Å². The third-order valence-corrected chi connectivity index (χ3v) is 10.4. The van der Waals surface area contributed by atoms with Gasteiger partial charge in [-0.1, -0.05) is 180 Å². The molecule has 0 radical (unpaired) electrons. The molecule has 2 rings (SSSR count). The van der Waals surface area contributed by atoms with Gasteiger partial charge in [0.15, 0.2) is 0 Å². The summed E-state index contributed by atoms with van der Waals surface area (Å²) in [5.74, 6) is -0.293. The van der Waals surface area contributed by atoms with Crippen molar-refractivity contribution in [3.8, 4) is 11.5 Å². The summed E-state index contributed by atoms with van der Waals surface area (Å²) >= 11 is 0. The van der Waals surface area contributed by atoms with E-state index in [-0.39, 0.29) is 26.4 Å². The molecular formula is C56H84O10. The highest BCUT2D eigenvalue weighted by Crippen LogP contribution is 2.17. The van der Waals surface area contributed by atoms with E-state index in [2.05, 4.69) is 27.0 Å². The van der Waals surface area contributed by atoms with Gasteiger partial charge in [-0.2, -0.15) is 0 Å². The van der Waals surface area contributed by atoms with E-state index in [0.29, 0.717) is 11.1 Å². The van der Waals surface area contributed by atoms with Crippen molar-refractivity contribution in [2.45, 2.75) is 169 Å². The molecular weight excluding hydrogens is 833 g/mol. The van der Waals surface area contributed by atoms with Crippen LogP contribution in [-0.2, 0) is 38.1 Å². The van der Waals surface area contributed by atoms with Crippen molar-refractivity contribution in [3.05, 3.63) is 96.1 Å². The lowest BCUT2D eigenvalue weighted by molar-refractivity contribution is -0.146. The molecule has 0 unspecified atom stereocenters. The lowest BCUT2D eigenvalue weighted by atomic mass is 10.1. The highest BCUT2D eigenvalue weighted by molar-refractivity contribution is 5.88. The third-order valence-electron chi connectivity index (χ3n) is 10.4. The van der Waals surface area contributed by atoms with Gasteiger partial charge in [0, 0.05) is 23.3 Å². The Morgan fingerprint density at radius 1 is 0.394 bits per heavy atom. The van der Waals surface area contributed by atoms with Gasteiger partial charge < -0.3 is 28.4 Å². The fourth-order valence-electron chi connectivity index (χ4n) is 6.49. The minimum absolute atomic E-state index is 0.00787. The Morgan fingerprint density at radius 3 is 0.955 bits per heavy atom. The molecule has 0 heterocycles. The zero-order valence-corrected chi connectivity index (χ0v) is 41.2. The highest BCUT2D eigenvalue weighted by Gasteiger charge is 2.06. The van der Waals surface area contributed by atoms with Gasteiger partial charge in [0.25, 0.3) is 0 Å². The summed E-state index contributed by atoms with van der Waals surface area (Å²) in [7, 11) is 0. The largest absolute Gasteiger partial charge is 0.494 e. The lowest BCUT2D eigenvalue weighted by Crippen LogP contribution is -2.12. The Hall–Kier alpha value is -5.12. The summed E-state index contributed by atoms with van der Waals surface area (Å²) in [6, 6.07) is 15.2. The summed E-state index contributed by atoms with van der Waals surface area (Å²) < 4.78 is 31.3. The molecule has 10 nitrogen and oxygen atoms in total. The van der Waals surface area contributed by atoms with Crippen LogP contribution in [0.1, 0.15) is 180 Å². The molecule has 0 bridgehead atoms. The van der Waals surface area contributed by atoms with Gasteiger partial charge >= 0.3 is 23.9 Å². The van der Waals surface area contributed by atoms with Crippen LogP contribution in [0, 0.1) is 0 Å². The standard InChI is InChI=1S/C29H44O5.C27H40O5/c1-4-5-6-7-8-9-10-11-12-13-14-15-22-32-27-19-16-26(17-20-27)18-21-28(30)33-23-24-34-29(31)25(2)3;1-4-5-6-7-8-9-10-11-12-13-20-30-25-17-14-24(15-18-25)16-19-26(28)31-21-22-32-27(29)23(2)3/h16-21H,2,4-15,22-24H2,1,3H3;14-19H,2,4-13,20-22H2,1,3H3/b21-18+;19-16+. The molecule has 0 N–H and O–H groups in total. The van der Waals surface area contributed by atoms with Crippen LogP contribution in [0.15, 0.2) is 85.0 Å². The van der Waals surface area contributed by atoms with Crippen molar-refractivity contribution in [1.82, 2.24) is 0 Å². The van der Waals surface area contributed by atoms with Crippen molar-refractivity contribution in [2.75, 3.05) is 39.6 Å². The van der Waals surface area contributed by atoms with Gasteiger partial charge in [-0.15, -0.1) is 0 Å². The van der Waals surface area contributed by atoms with Gasteiger partial charge in [0.2, 0.25) is 0 Å². The van der Waals surface area contributed by atoms with Crippen molar-refractivity contribution in [3.63, 3.8) is 0 Å². The lowest BCUT2D eigenvalue weighted by Gasteiger charge is -2.07. The number of esters is 4. The fraction of sp³-hybridized carbons (Fsp3) is 0.571. The molecule has 0 aromatic heterocycles. The fourth-order valence-corrected chi connectivity index (χ4v) is 6.49. The molecule has 10 heteroatoms. The van der Waals surface area contributed by atoms with Crippen molar-refractivity contribution in [2.24, 2.45) is 0 Å². The average molecular weight is 917 g/mol. The first-order valence-corrected chi connectivity index (χ1v) is 24.9. The van der Waals surface area contributed by atoms with E-state index in [0.717, 1.165) is 48.7 Å². The first-order chi connectivity index (χ1) is 32.0. The van der Waals surface area contributed by atoms with Crippen LogP contribution < -0.4 is 9.47 Å². The minimum Gasteiger partial charge on any atom is -0.494 e. The molecule has 0 atom stereocenters. The number of carbonyl (C=O) groups excluding carboxylic acids is 4. The summed E-state index contributed by atoms with van der Waals surface area (Å²) in [4.78, 5) is 45.9. The predicted molar refractivity (Wildman–Crippen MR) is 268 cm³/mol. The number of hydrogen-bond donors (Lipinski definition) is 0.